The van der Waals surface area contributed by atoms with Crippen molar-refractivity contribution in [3.05, 3.63) is 59.7 Å². The Morgan fingerprint density at radius 3 is 2.13 bits per heavy atom. The van der Waals surface area contributed by atoms with Gasteiger partial charge in [0.1, 0.15) is 12.4 Å². The maximum absolute atomic E-state index is 11.8. The lowest BCUT2D eigenvalue weighted by Crippen LogP contribution is -2.10. The van der Waals surface area contributed by atoms with Crippen LogP contribution in [0.1, 0.15) is 30.4 Å². The second-order valence-electron chi connectivity index (χ2n) is 5.59. The summed E-state index contributed by atoms with van der Waals surface area (Å²) in [6.45, 7) is 1.86. The molecule has 0 saturated heterocycles. The molecule has 118 valence electrons. The van der Waals surface area contributed by atoms with E-state index in [2.05, 4.69) is 24.3 Å². The lowest BCUT2D eigenvalue weighted by Gasteiger charge is -2.13. The summed E-state index contributed by atoms with van der Waals surface area (Å²) in [5, 5.41) is -0.312. The number of thioether (sulfide) groups is 1. The summed E-state index contributed by atoms with van der Waals surface area (Å²) < 4.78 is 5.43. The molecular formula is C19H18O3S. The van der Waals surface area contributed by atoms with Gasteiger partial charge >= 0.3 is 5.30 Å². The van der Waals surface area contributed by atoms with Gasteiger partial charge in [0, 0.05) is 18.1 Å². The number of Topliss-reactive ketones (excluding diaryl/α,β-unsaturated/α-hetero) is 1. The fourth-order valence-corrected chi connectivity index (χ4v) is 3.62. The second kappa shape index (κ2) is 7.01. The van der Waals surface area contributed by atoms with Crippen molar-refractivity contribution >= 4 is 22.8 Å². The van der Waals surface area contributed by atoms with Crippen molar-refractivity contribution in [1.82, 2.24) is 0 Å². The van der Waals surface area contributed by atoms with E-state index in [0.717, 1.165) is 11.8 Å². The van der Waals surface area contributed by atoms with Crippen molar-refractivity contribution in [2.45, 2.75) is 19.3 Å². The normalized spacial score (nSPS) is 12.6. The summed E-state index contributed by atoms with van der Waals surface area (Å²) in [6.07, 6.45) is 0.398. The van der Waals surface area contributed by atoms with Crippen LogP contribution >= 0.6 is 11.8 Å². The van der Waals surface area contributed by atoms with E-state index < -0.39 is 0 Å². The minimum atomic E-state index is -0.312. The standard InChI is InChI=1S/C19H18O3S/c1-13(20)10-11-23-19(21)22-12-18-16-8-4-2-6-14(16)15-7-3-5-9-17(15)18/h2-9,18H,10-12H2,1H3. The number of ether oxygens (including phenoxy) is 1. The molecule has 23 heavy (non-hydrogen) atoms. The quantitative estimate of drug-likeness (QED) is 0.750. The third kappa shape index (κ3) is 3.48. The molecule has 0 fully saturated rings. The van der Waals surface area contributed by atoms with Crippen LogP contribution in [0.2, 0.25) is 0 Å². The van der Waals surface area contributed by atoms with Crippen LogP contribution in [0.15, 0.2) is 48.5 Å². The van der Waals surface area contributed by atoms with E-state index in [1.54, 1.807) is 0 Å². The fourth-order valence-electron chi connectivity index (χ4n) is 2.91. The molecule has 0 radical (unpaired) electrons. The summed E-state index contributed by atoms with van der Waals surface area (Å²) in [5.41, 5.74) is 4.84. The zero-order valence-corrected chi connectivity index (χ0v) is 13.8. The average Bonchev–Trinajstić information content (AvgIpc) is 2.87. The summed E-state index contributed by atoms with van der Waals surface area (Å²) in [5.74, 6) is 0.648. The number of carbonyl (C=O) groups is 2. The predicted molar refractivity (Wildman–Crippen MR) is 92.8 cm³/mol. The minimum absolute atomic E-state index is 0.0831. The van der Waals surface area contributed by atoms with E-state index in [-0.39, 0.29) is 17.0 Å². The van der Waals surface area contributed by atoms with E-state index in [1.807, 2.05) is 24.3 Å². The number of hydrogen-bond acceptors (Lipinski definition) is 4. The van der Waals surface area contributed by atoms with Crippen LogP contribution in [0, 0.1) is 0 Å². The van der Waals surface area contributed by atoms with Gasteiger partial charge in [0.25, 0.3) is 0 Å². The van der Waals surface area contributed by atoms with Gasteiger partial charge in [0.2, 0.25) is 0 Å². The molecule has 0 unspecified atom stereocenters. The van der Waals surface area contributed by atoms with Gasteiger partial charge in [-0.3, -0.25) is 4.79 Å². The topological polar surface area (TPSA) is 43.4 Å². The molecule has 0 N–H and O–H groups in total. The zero-order valence-electron chi connectivity index (χ0n) is 13.0. The molecule has 3 rings (SSSR count). The van der Waals surface area contributed by atoms with Crippen LogP contribution in [0.4, 0.5) is 4.79 Å². The van der Waals surface area contributed by atoms with Gasteiger partial charge in [-0.15, -0.1) is 0 Å². The van der Waals surface area contributed by atoms with E-state index in [1.165, 1.54) is 29.2 Å². The summed E-state index contributed by atoms with van der Waals surface area (Å²) in [7, 11) is 0. The first-order chi connectivity index (χ1) is 11.2. The Kier molecular flexibility index (Phi) is 4.82. The molecule has 0 atom stereocenters. The summed E-state index contributed by atoms with van der Waals surface area (Å²) >= 11 is 1.07. The van der Waals surface area contributed by atoms with Gasteiger partial charge in [0.15, 0.2) is 0 Å². The van der Waals surface area contributed by atoms with E-state index in [0.29, 0.717) is 18.8 Å². The molecule has 1 aliphatic carbocycles. The molecule has 2 aromatic rings. The highest BCUT2D eigenvalue weighted by atomic mass is 32.2. The summed E-state index contributed by atoms with van der Waals surface area (Å²) in [6, 6.07) is 16.5. The highest BCUT2D eigenvalue weighted by Gasteiger charge is 2.28. The largest absolute Gasteiger partial charge is 0.457 e. The Hall–Kier alpha value is -2.07. The average molecular weight is 326 g/mol. The molecule has 0 heterocycles. The molecule has 0 spiro atoms. The van der Waals surface area contributed by atoms with Crippen LogP contribution < -0.4 is 0 Å². The first-order valence-electron chi connectivity index (χ1n) is 7.64. The maximum atomic E-state index is 11.8. The van der Waals surface area contributed by atoms with Crippen molar-refractivity contribution < 1.29 is 14.3 Å². The van der Waals surface area contributed by atoms with Gasteiger partial charge in [0.05, 0.1) is 0 Å². The van der Waals surface area contributed by atoms with Crippen molar-refractivity contribution in [1.29, 1.82) is 0 Å². The Morgan fingerprint density at radius 1 is 1.00 bits per heavy atom. The van der Waals surface area contributed by atoms with Crippen molar-refractivity contribution in [2.75, 3.05) is 12.4 Å². The van der Waals surface area contributed by atoms with Gasteiger partial charge in [-0.25, -0.2) is 4.79 Å². The number of fused-ring (bicyclic) bond motifs is 3. The SMILES string of the molecule is CC(=O)CCSC(=O)OCC1c2ccccc2-c2ccccc21. The monoisotopic (exact) mass is 326 g/mol. The Bertz CT molecular complexity index is 693. The van der Waals surface area contributed by atoms with Crippen LogP contribution in [0.5, 0.6) is 0 Å². The molecule has 4 heteroatoms. The van der Waals surface area contributed by atoms with Crippen molar-refractivity contribution in [2.24, 2.45) is 0 Å². The Morgan fingerprint density at radius 2 is 1.57 bits per heavy atom. The van der Waals surface area contributed by atoms with Crippen molar-refractivity contribution in [3.8, 4) is 11.1 Å². The number of ketones is 1. The lowest BCUT2D eigenvalue weighted by atomic mass is 9.98. The van der Waals surface area contributed by atoms with Crippen LogP contribution in [0.25, 0.3) is 11.1 Å². The van der Waals surface area contributed by atoms with E-state index in [4.69, 9.17) is 4.74 Å². The molecule has 2 aromatic carbocycles. The smallest absolute Gasteiger partial charge is 0.367 e. The van der Waals surface area contributed by atoms with Crippen LogP contribution in [-0.2, 0) is 9.53 Å². The molecule has 0 saturated carbocycles. The maximum Gasteiger partial charge on any atom is 0.367 e. The lowest BCUT2D eigenvalue weighted by molar-refractivity contribution is -0.116. The zero-order chi connectivity index (χ0) is 16.2. The third-order valence-corrected chi connectivity index (χ3v) is 4.77. The molecular weight excluding hydrogens is 308 g/mol. The summed E-state index contributed by atoms with van der Waals surface area (Å²) in [4.78, 5) is 22.7. The molecule has 1 aliphatic rings. The first kappa shape index (κ1) is 15.8. The molecule has 3 nitrogen and oxygen atoms in total. The van der Waals surface area contributed by atoms with E-state index >= 15 is 0 Å². The molecule has 0 aromatic heterocycles. The number of hydrogen-bond donors (Lipinski definition) is 0. The van der Waals surface area contributed by atoms with Crippen LogP contribution in [0.3, 0.4) is 0 Å². The van der Waals surface area contributed by atoms with E-state index in [9.17, 15) is 9.59 Å². The van der Waals surface area contributed by atoms with Crippen molar-refractivity contribution in [3.63, 3.8) is 0 Å². The number of carbonyl (C=O) groups excluding carboxylic acids is 2. The Labute approximate surface area is 140 Å². The molecule has 0 amide bonds. The third-order valence-electron chi connectivity index (χ3n) is 4.00. The highest BCUT2D eigenvalue weighted by Crippen LogP contribution is 2.44. The first-order valence-corrected chi connectivity index (χ1v) is 8.62. The number of rotatable bonds is 5. The number of benzene rings is 2. The minimum Gasteiger partial charge on any atom is -0.457 e. The van der Waals surface area contributed by atoms with Crippen LogP contribution in [-0.4, -0.2) is 23.4 Å². The van der Waals surface area contributed by atoms with Gasteiger partial charge in [-0.2, -0.15) is 0 Å². The van der Waals surface area contributed by atoms with Gasteiger partial charge < -0.3 is 4.74 Å². The molecule has 0 bridgehead atoms. The molecule has 0 aliphatic heterocycles. The Balaban J connectivity index is 1.69. The predicted octanol–water partition coefficient (Wildman–Crippen LogP) is 4.65. The fraction of sp³-hybridized carbons (Fsp3) is 0.263. The highest BCUT2D eigenvalue weighted by molar-refractivity contribution is 8.13. The van der Waals surface area contributed by atoms with Gasteiger partial charge in [-0.05, 0) is 40.9 Å². The second-order valence-corrected chi connectivity index (χ2v) is 6.62. The van der Waals surface area contributed by atoms with Gasteiger partial charge in [-0.1, -0.05) is 48.5 Å².